The molecule has 0 spiro atoms. The average Bonchev–Trinajstić information content (AvgIpc) is 1.59. The summed E-state index contributed by atoms with van der Waals surface area (Å²) in [6.07, 6.45) is -0.323. The molecule has 0 bridgehead atoms. The number of hydrogen-bond acceptors (Lipinski definition) is 1. The summed E-state index contributed by atoms with van der Waals surface area (Å²) in [5, 5.41) is 0. The number of nitrogens with zero attached hydrogens (tertiary/aromatic N) is 1. The van der Waals surface area contributed by atoms with E-state index in [0.717, 1.165) is 0 Å². The van der Waals surface area contributed by atoms with Crippen molar-refractivity contribution in [2.45, 2.75) is 0 Å². The predicted octanol–water partition coefficient (Wildman–Crippen LogP) is 0.0834. The van der Waals surface area contributed by atoms with Crippen LogP contribution in [0.5, 0.6) is 0 Å². The quantitative estimate of drug-likeness (QED) is 0.416. The Bertz CT molecular complexity index is 143. The summed E-state index contributed by atoms with van der Waals surface area (Å²) in [5.74, 6) is 0. The van der Waals surface area contributed by atoms with Gasteiger partial charge in [0.15, 0.2) is 0 Å². The van der Waals surface area contributed by atoms with Crippen LogP contribution in [0.15, 0.2) is 0 Å². The molecule has 0 rings (SSSR count). The van der Waals surface area contributed by atoms with Crippen LogP contribution in [-0.4, -0.2) is 22.5 Å². The normalized spacial score (nSPS) is 10.6. The monoisotopic (exact) mass is 135 g/mol. The summed E-state index contributed by atoms with van der Waals surface area (Å²) in [5.41, 5.74) is 0. The molecule has 0 unspecified atom stereocenters. The Kier molecular flexibility index (Phi) is 2.70. The van der Waals surface area contributed by atoms with E-state index in [0.29, 0.717) is 0 Å². The zero-order chi connectivity index (χ0) is 6.62. The molecule has 0 aromatic carbocycles. The van der Waals surface area contributed by atoms with E-state index in [9.17, 15) is 4.57 Å². The van der Waals surface area contributed by atoms with Gasteiger partial charge in [-0.1, -0.05) is 0 Å². The van der Waals surface area contributed by atoms with E-state index in [1.807, 2.05) is 0 Å². The van der Waals surface area contributed by atoms with E-state index >= 15 is 0 Å². The summed E-state index contributed by atoms with van der Waals surface area (Å²) >= 11 is 0. The minimum atomic E-state index is -3.90. The molecule has 2 N–H and O–H groups in total. The van der Waals surface area contributed by atoms with Gasteiger partial charge >= 0.3 is 7.60 Å². The zero-order valence-corrected chi connectivity index (χ0v) is 5.01. The Morgan fingerprint density at radius 2 is 2.12 bits per heavy atom. The average molecular weight is 135 g/mol. The van der Waals surface area contributed by atoms with Gasteiger partial charge in [0.05, 0.1) is 0 Å². The van der Waals surface area contributed by atoms with Crippen molar-refractivity contribution in [2.75, 3.05) is 12.7 Å². The van der Waals surface area contributed by atoms with Crippen molar-refractivity contribution in [3.8, 4) is 0 Å². The molecule has 0 aliphatic carbocycles. The van der Waals surface area contributed by atoms with Crippen LogP contribution in [0.4, 0.5) is 0 Å². The Hall–Kier alpha value is -0.360. The first kappa shape index (κ1) is 7.64. The van der Waals surface area contributed by atoms with E-state index in [-0.39, 0.29) is 12.7 Å². The third-order valence-electron chi connectivity index (χ3n) is 0.503. The molecule has 4 nitrogen and oxygen atoms in total. The van der Waals surface area contributed by atoms with Crippen molar-refractivity contribution in [1.82, 2.24) is 0 Å². The third kappa shape index (κ3) is 5.64. The highest BCUT2D eigenvalue weighted by molar-refractivity contribution is 7.51. The second kappa shape index (κ2) is 2.83. The van der Waals surface area contributed by atoms with Crippen LogP contribution in [0.1, 0.15) is 0 Å². The van der Waals surface area contributed by atoms with Gasteiger partial charge < -0.3 is 14.6 Å². The highest BCUT2D eigenvalue weighted by Gasteiger charge is 2.12. The molecule has 0 aromatic rings. The summed E-state index contributed by atoms with van der Waals surface area (Å²) in [7, 11) is -3.90. The molecule has 0 radical (unpaired) electrons. The molecule has 0 aliphatic rings. The van der Waals surface area contributed by atoms with Crippen molar-refractivity contribution < 1.29 is 14.4 Å². The zero-order valence-electron chi connectivity index (χ0n) is 4.11. The van der Waals surface area contributed by atoms with Crippen LogP contribution in [0.25, 0.3) is 4.85 Å². The molecule has 0 heterocycles. The van der Waals surface area contributed by atoms with Gasteiger partial charge in [-0.25, -0.2) is 6.57 Å². The molecular formula is C3H6NO3P. The first-order valence-corrected chi connectivity index (χ1v) is 3.74. The number of hydrogen-bond donors (Lipinski definition) is 2. The van der Waals surface area contributed by atoms with Crippen molar-refractivity contribution in [3.63, 3.8) is 0 Å². The lowest BCUT2D eigenvalue weighted by Gasteiger charge is -1.93. The van der Waals surface area contributed by atoms with Crippen LogP contribution in [-0.2, 0) is 4.57 Å². The summed E-state index contributed by atoms with van der Waals surface area (Å²) < 4.78 is 9.94. The molecule has 0 saturated carbocycles. The van der Waals surface area contributed by atoms with Crippen molar-refractivity contribution in [2.24, 2.45) is 0 Å². The molecule has 8 heavy (non-hydrogen) atoms. The third-order valence-corrected chi connectivity index (χ3v) is 1.29. The fraction of sp³-hybridized carbons (Fsp3) is 0.667. The van der Waals surface area contributed by atoms with Crippen LogP contribution < -0.4 is 0 Å². The van der Waals surface area contributed by atoms with Crippen LogP contribution in [0.2, 0.25) is 0 Å². The predicted molar refractivity (Wildman–Crippen MR) is 28.4 cm³/mol. The van der Waals surface area contributed by atoms with Gasteiger partial charge in [0.2, 0.25) is 6.54 Å². The highest BCUT2D eigenvalue weighted by atomic mass is 31.2. The maximum absolute atomic E-state index is 9.94. The first-order chi connectivity index (χ1) is 3.56. The Labute approximate surface area is 47.1 Å². The second-order valence-electron chi connectivity index (χ2n) is 1.27. The van der Waals surface area contributed by atoms with E-state index in [1.54, 1.807) is 0 Å². The fourth-order valence-electron chi connectivity index (χ4n) is 0.180. The second-order valence-corrected chi connectivity index (χ2v) is 3.05. The van der Waals surface area contributed by atoms with Crippen molar-refractivity contribution in [3.05, 3.63) is 11.4 Å². The molecule has 46 valence electrons. The largest absolute Gasteiger partial charge is 0.333 e. The van der Waals surface area contributed by atoms with Gasteiger partial charge in [-0.05, 0) is 0 Å². The van der Waals surface area contributed by atoms with E-state index in [4.69, 9.17) is 16.4 Å². The van der Waals surface area contributed by atoms with Crippen LogP contribution >= 0.6 is 7.60 Å². The van der Waals surface area contributed by atoms with Crippen LogP contribution in [0.3, 0.4) is 0 Å². The van der Waals surface area contributed by atoms with Crippen molar-refractivity contribution >= 4 is 7.60 Å². The lowest BCUT2D eigenvalue weighted by atomic mass is 10.8. The van der Waals surface area contributed by atoms with E-state index < -0.39 is 7.60 Å². The fourth-order valence-corrected chi connectivity index (χ4v) is 0.541. The van der Waals surface area contributed by atoms with Gasteiger partial charge in [0.1, 0.15) is 6.16 Å². The molecule has 0 saturated heterocycles. The van der Waals surface area contributed by atoms with Gasteiger partial charge in [0, 0.05) is 0 Å². The minimum absolute atomic E-state index is 0.0930. The maximum atomic E-state index is 9.94. The highest BCUT2D eigenvalue weighted by Crippen LogP contribution is 2.33. The standard InChI is InChI=1S/C3H6NO3P/c1-4-2-3-8(5,6)7/h2-3H2,(H2,5,6,7). The van der Waals surface area contributed by atoms with E-state index in [2.05, 4.69) is 4.85 Å². The SMILES string of the molecule is [C-]#[N+]CCP(=O)(O)O. The Morgan fingerprint density at radius 1 is 1.62 bits per heavy atom. The molecule has 0 fully saturated rings. The van der Waals surface area contributed by atoms with Gasteiger partial charge in [-0.2, -0.15) is 0 Å². The first-order valence-electron chi connectivity index (χ1n) is 1.94. The Morgan fingerprint density at radius 3 is 2.25 bits per heavy atom. The summed E-state index contributed by atoms with van der Waals surface area (Å²) in [6, 6.07) is 0. The summed E-state index contributed by atoms with van der Waals surface area (Å²) in [6.45, 7) is 6.07. The Balaban J connectivity index is 3.45. The van der Waals surface area contributed by atoms with Crippen molar-refractivity contribution in [1.29, 1.82) is 0 Å². The van der Waals surface area contributed by atoms with E-state index in [1.165, 1.54) is 0 Å². The molecule has 0 aliphatic heterocycles. The molecule has 0 aromatic heterocycles. The lowest BCUT2D eigenvalue weighted by Crippen LogP contribution is -1.88. The molecule has 5 heteroatoms. The lowest BCUT2D eigenvalue weighted by molar-refractivity contribution is 0.374. The minimum Gasteiger partial charge on any atom is -0.324 e. The van der Waals surface area contributed by atoms with Gasteiger partial charge in [-0.3, -0.25) is 4.57 Å². The number of rotatable bonds is 2. The topological polar surface area (TPSA) is 61.9 Å². The molecule has 0 atom stereocenters. The smallest absolute Gasteiger partial charge is 0.324 e. The van der Waals surface area contributed by atoms with Gasteiger partial charge in [-0.15, -0.1) is 0 Å². The summed E-state index contributed by atoms with van der Waals surface area (Å²) in [4.78, 5) is 19.0. The van der Waals surface area contributed by atoms with Gasteiger partial charge in [0.25, 0.3) is 0 Å². The maximum Gasteiger partial charge on any atom is 0.333 e. The molecular weight excluding hydrogens is 129 g/mol. The van der Waals surface area contributed by atoms with Crippen LogP contribution in [0, 0.1) is 6.57 Å². The molecule has 0 amide bonds.